The predicted octanol–water partition coefficient (Wildman–Crippen LogP) is 4.31. The second-order valence-electron chi connectivity index (χ2n) is 7.52. The molecule has 1 aromatic rings. The van der Waals surface area contributed by atoms with Crippen LogP contribution in [-0.4, -0.2) is 29.5 Å². The molecule has 2 unspecified atom stereocenters. The van der Waals surface area contributed by atoms with Crippen LogP contribution in [0.2, 0.25) is 5.15 Å². The molecule has 2 heterocycles. The topological polar surface area (TPSA) is 54.0 Å². The molecule has 154 valence electrons. The summed E-state index contributed by atoms with van der Waals surface area (Å²) in [5.41, 5.74) is 0.108. The Morgan fingerprint density at radius 2 is 2.21 bits per heavy atom. The van der Waals surface area contributed by atoms with E-state index in [4.69, 9.17) is 29.6 Å². The first-order valence-electron chi connectivity index (χ1n) is 9.79. The highest BCUT2D eigenvalue weighted by Crippen LogP contribution is 2.46. The van der Waals surface area contributed by atoms with Gasteiger partial charge in [0.2, 0.25) is 5.91 Å². The van der Waals surface area contributed by atoms with Crippen LogP contribution >= 0.6 is 23.2 Å². The Morgan fingerprint density at radius 3 is 2.93 bits per heavy atom. The van der Waals surface area contributed by atoms with E-state index in [9.17, 15) is 9.18 Å². The van der Waals surface area contributed by atoms with Gasteiger partial charge in [-0.3, -0.25) is 4.79 Å². The zero-order valence-electron chi connectivity index (χ0n) is 16.1. The van der Waals surface area contributed by atoms with E-state index in [1.54, 1.807) is 18.2 Å². The standard InChI is InChI=1S/C22H24Cl2FN3O/c1-2-3-7-15(23)8-12-27-21(29)18-17(16-9-13-26-20(24)19(16)25)14-28-22(18)10-5-4-6-11-22/h1,3,7-9,13,17-18,28H,4-6,10-12,14H2,(H,27,29)/b7-3-,15-8+. The number of nitrogens with zero attached hydrogens (tertiary/aromatic N) is 1. The summed E-state index contributed by atoms with van der Waals surface area (Å²) in [6.07, 6.45) is 16.4. The van der Waals surface area contributed by atoms with E-state index >= 15 is 0 Å². The highest BCUT2D eigenvalue weighted by molar-refractivity contribution is 6.31. The number of pyridine rings is 1. The summed E-state index contributed by atoms with van der Waals surface area (Å²) in [6.45, 7) is 0.794. The van der Waals surface area contributed by atoms with Crippen LogP contribution in [0.25, 0.3) is 0 Å². The Kier molecular flexibility index (Phi) is 7.34. The van der Waals surface area contributed by atoms with E-state index in [1.807, 2.05) is 0 Å². The number of nitrogens with one attached hydrogen (secondary N) is 2. The maximum Gasteiger partial charge on any atom is 0.225 e. The number of hydrogen-bond acceptors (Lipinski definition) is 3. The van der Waals surface area contributed by atoms with E-state index in [1.165, 1.54) is 12.3 Å². The molecule has 1 aromatic heterocycles. The highest BCUT2D eigenvalue weighted by atomic mass is 35.5. The molecule has 0 bridgehead atoms. The molecule has 4 nitrogen and oxygen atoms in total. The molecule has 1 amide bonds. The maximum atomic E-state index is 14.7. The summed E-state index contributed by atoms with van der Waals surface area (Å²) in [5.74, 6) is 0.991. The first-order chi connectivity index (χ1) is 14.0. The van der Waals surface area contributed by atoms with Crippen LogP contribution in [0.4, 0.5) is 4.39 Å². The Labute approximate surface area is 180 Å². The normalized spacial score (nSPS) is 24.0. The van der Waals surface area contributed by atoms with Gasteiger partial charge in [0.15, 0.2) is 11.0 Å². The third kappa shape index (κ3) is 4.83. The second-order valence-corrected chi connectivity index (χ2v) is 8.32. The summed E-state index contributed by atoms with van der Waals surface area (Å²) in [5, 5.41) is 6.78. The van der Waals surface area contributed by atoms with Gasteiger partial charge in [0.25, 0.3) is 0 Å². The number of terminal acetylenes is 1. The van der Waals surface area contributed by atoms with Gasteiger partial charge in [0.1, 0.15) is 0 Å². The summed E-state index contributed by atoms with van der Waals surface area (Å²) in [7, 11) is 0. The lowest BCUT2D eigenvalue weighted by atomic mass is 9.69. The van der Waals surface area contributed by atoms with Crippen LogP contribution in [0.5, 0.6) is 0 Å². The molecule has 1 spiro atoms. The molecule has 2 fully saturated rings. The van der Waals surface area contributed by atoms with E-state index in [2.05, 4.69) is 21.5 Å². The fourth-order valence-electron chi connectivity index (χ4n) is 4.59. The summed E-state index contributed by atoms with van der Waals surface area (Å²) >= 11 is 12.0. The molecule has 2 atom stereocenters. The van der Waals surface area contributed by atoms with E-state index < -0.39 is 11.7 Å². The molecular formula is C22H24Cl2FN3O. The average molecular weight is 436 g/mol. The minimum absolute atomic E-state index is 0.115. The summed E-state index contributed by atoms with van der Waals surface area (Å²) in [6, 6.07) is 1.62. The number of amides is 1. The van der Waals surface area contributed by atoms with E-state index in [0.717, 1.165) is 32.1 Å². The van der Waals surface area contributed by atoms with E-state index in [0.29, 0.717) is 17.1 Å². The Hall–Kier alpha value is -1.87. The van der Waals surface area contributed by atoms with Gasteiger partial charge in [-0.15, -0.1) is 6.42 Å². The van der Waals surface area contributed by atoms with Crippen LogP contribution in [0, 0.1) is 24.1 Å². The van der Waals surface area contributed by atoms with Crippen LogP contribution < -0.4 is 10.6 Å². The summed E-state index contributed by atoms with van der Waals surface area (Å²) < 4.78 is 14.7. The Morgan fingerprint density at radius 1 is 1.45 bits per heavy atom. The van der Waals surface area contributed by atoms with Crippen LogP contribution in [0.1, 0.15) is 43.6 Å². The van der Waals surface area contributed by atoms with Crippen molar-refractivity contribution in [3.05, 3.63) is 52.1 Å². The van der Waals surface area contributed by atoms with Gasteiger partial charge in [0, 0.05) is 35.8 Å². The Balaban J connectivity index is 1.84. The monoisotopic (exact) mass is 435 g/mol. The van der Waals surface area contributed by atoms with Crippen LogP contribution in [0.3, 0.4) is 0 Å². The lowest BCUT2D eigenvalue weighted by Crippen LogP contribution is -2.52. The van der Waals surface area contributed by atoms with Gasteiger partial charge in [0.05, 0.1) is 5.92 Å². The quantitative estimate of drug-likeness (QED) is 0.411. The lowest BCUT2D eigenvalue weighted by Gasteiger charge is -2.39. The van der Waals surface area contributed by atoms with Crippen molar-refractivity contribution in [3.8, 4) is 12.3 Å². The van der Waals surface area contributed by atoms with Crippen molar-refractivity contribution in [2.45, 2.75) is 43.6 Å². The molecule has 1 aliphatic carbocycles. The fourth-order valence-corrected chi connectivity index (χ4v) is 4.90. The molecule has 3 rings (SSSR count). The molecule has 1 saturated carbocycles. The molecule has 1 saturated heterocycles. The van der Waals surface area contributed by atoms with Crippen molar-refractivity contribution in [1.82, 2.24) is 15.6 Å². The number of allylic oxidation sites excluding steroid dienone is 3. The molecule has 0 aromatic carbocycles. The van der Waals surface area contributed by atoms with Crippen molar-refractivity contribution in [2.24, 2.45) is 5.92 Å². The molecular weight excluding hydrogens is 412 g/mol. The third-order valence-electron chi connectivity index (χ3n) is 5.89. The van der Waals surface area contributed by atoms with Gasteiger partial charge in [-0.1, -0.05) is 48.4 Å². The Bertz CT molecular complexity index is 856. The predicted molar refractivity (Wildman–Crippen MR) is 114 cm³/mol. The molecule has 7 heteroatoms. The smallest absolute Gasteiger partial charge is 0.225 e. The number of hydrogen-bond donors (Lipinski definition) is 2. The zero-order chi connectivity index (χ0) is 20.9. The second kappa shape index (κ2) is 9.75. The largest absolute Gasteiger partial charge is 0.352 e. The van der Waals surface area contributed by atoms with Gasteiger partial charge >= 0.3 is 0 Å². The number of carbonyl (C=O) groups is 1. The van der Waals surface area contributed by atoms with Crippen molar-refractivity contribution in [2.75, 3.05) is 13.1 Å². The van der Waals surface area contributed by atoms with Crippen LogP contribution in [0.15, 0.2) is 35.5 Å². The number of rotatable bonds is 5. The SMILES string of the molecule is C#C/C=C\C(Cl)=C/CNC(=O)C1C(c2ccnc(Cl)c2F)CNC12CCCCC2. The molecule has 0 radical (unpaired) electrons. The average Bonchev–Trinajstić information content (AvgIpc) is 3.07. The lowest BCUT2D eigenvalue weighted by molar-refractivity contribution is -0.127. The minimum atomic E-state index is -0.547. The number of halogens is 3. The van der Waals surface area contributed by atoms with E-state index in [-0.39, 0.29) is 29.1 Å². The van der Waals surface area contributed by atoms with Gasteiger partial charge in [-0.25, -0.2) is 9.37 Å². The van der Waals surface area contributed by atoms with Crippen molar-refractivity contribution >= 4 is 29.1 Å². The van der Waals surface area contributed by atoms with Crippen molar-refractivity contribution in [3.63, 3.8) is 0 Å². The van der Waals surface area contributed by atoms with Gasteiger partial charge < -0.3 is 10.6 Å². The number of aromatic nitrogens is 1. The van der Waals surface area contributed by atoms with Crippen molar-refractivity contribution in [1.29, 1.82) is 0 Å². The molecule has 29 heavy (non-hydrogen) atoms. The molecule has 1 aliphatic heterocycles. The minimum Gasteiger partial charge on any atom is -0.352 e. The van der Waals surface area contributed by atoms with Crippen LogP contribution in [-0.2, 0) is 4.79 Å². The first-order valence-corrected chi connectivity index (χ1v) is 10.5. The maximum absolute atomic E-state index is 14.7. The molecule has 2 N–H and O–H groups in total. The highest BCUT2D eigenvalue weighted by Gasteiger charge is 2.52. The van der Waals surface area contributed by atoms with Gasteiger partial charge in [-0.2, -0.15) is 0 Å². The molecule has 2 aliphatic rings. The third-order valence-corrected chi connectivity index (χ3v) is 6.43. The zero-order valence-corrected chi connectivity index (χ0v) is 17.6. The summed E-state index contributed by atoms with van der Waals surface area (Å²) in [4.78, 5) is 17.1. The fraction of sp³-hybridized carbons (Fsp3) is 0.455. The van der Waals surface area contributed by atoms with Crippen molar-refractivity contribution < 1.29 is 9.18 Å². The number of carbonyl (C=O) groups excluding carboxylic acids is 1. The van der Waals surface area contributed by atoms with Gasteiger partial charge in [-0.05, 0) is 42.7 Å². The first kappa shape index (κ1) is 21.8.